The van der Waals surface area contributed by atoms with Gasteiger partial charge in [-0.15, -0.1) is 0 Å². The number of rotatable bonds is 5. The molecule has 2 rings (SSSR count). The van der Waals surface area contributed by atoms with E-state index < -0.39 is 0 Å². The van der Waals surface area contributed by atoms with Crippen molar-refractivity contribution >= 4 is 22.3 Å². The van der Waals surface area contributed by atoms with Crippen molar-refractivity contribution in [2.24, 2.45) is 0 Å². The van der Waals surface area contributed by atoms with Crippen LogP contribution in [-0.2, 0) is 4.79 Å². The molecule has 0 fully saturated rings. The third-order valence-electron chi connectivity index (χ3n) is 3.04. The molecule has 2 heteroatoms. The number of carbonyl (C=O) groups excluding carboxylic acids is 2. The summed E-state index contributed by atoms with van der Waals surface area (Å²) in [5.74, 6) is -0.645. The highest BCUT2D eigenvalue weighted by Gasteiger charge is 2.17. The van der Waals surface area contributed by atoms with Crippen LogP contribution in [0.5, 0.6) is 0 Å². The molecule has 18 heavy (non-hydrogen) atoms. The van der Waals surface area contributed by atoms with Gasteiger partial charge in [0.1, 0.15) is 0 Å². The highest BCUT2D eigenvalue weighted by Crippen LogP contribution is 2.19. The predicted molar refractivity (Wildman–Crippen MR) is 72.8 cm³/mol. The highest BCUT2D eigenvalue weighted by molar-refractivity contribution is 6.45. The van der Waals surface area contributed by atoms with Crippen LogP contribution in [0.3, 0.4) is 0 Å². The summed E-state index contributed by atoms with van der Waals surface area (Å²) >= 11 is 0. The number of ketones is 2. The topological polar surface area (TPSA) is 34.1 Å². The molecule has 0 radical (unpaired) electrons. The maximum absolute atomic E-state index is 12.1. The fraction of sp³-hybridized carbons (Fsp3) is 0.250. The molecule has 0 aliphatic heterocycles. The molecular weight excluding hydrogens is 224 g/mol. The zero-order valence-electron chi connectivity index (χ0n) is 10.5. The minimum Gasteiger partial charge on any atom is -0.290 e. The number of hydrogen-bond donors (Lipinski definition) is 0. The Hall–Kier alpha value is -1.96. The average Bonchev–Trinajstić information content (AvgIpc) is 2.43. The lowest BCUT2D eigenvalue weighted by Gasteiger charge is -2.04. The Bertz CT molecular complexity index is 579. The molecule has 0 saturated heterocycles. The van der Waals surface area contributed by atoms with E-state index in [1.807, 2.05) is 43.3 Å². The number of benzene rings is 2. The molecule has 0 amide bonds. The molecule has 0 aromatic heterocycles. The zero-order chi connectivity index (χ0) is 13.0. The van der Waals surface area contributed by atoms with Crippen molar-refractivity contribution in [2.45, 2.75) is 26.2 Å². The van der Waals surface area contributed by atoms with Gasteiger partial charge in [-0.3, -0.25) is 9.59 Å². The van der Waals surface area contributed by atoms with Crippen LogP contribution in [0.1, 0.15) is 36.5 Å². The van der Waals surface area contributed by atoms with E-state index in [4.69, 9.17) is 0 Å². The lowest BCUT2D eigenvalue weighted by atomic mass is 9.97. The van der Waals surface area contributed by atoms with Crippen LogP contribution in [-0.4, -0.2) is 11.6 Å². The SMILES string of the molecule is CCCCC(=O)C(=O)c1cccc2ccccc12. The van der Waals surface area contributed by atoms with Crippen LogP contribution in [0.25, 0.3) is 10.8 Å². The number of carbonyl (C=O) groups is 2. The van der Waals surface area contributed by atoms with Crippen molar-refractivity contribution in [1.82, 2.24) is 0 Å². The van der Waals surface area contributed by atoms with Gasteiger partial charge >= 0.3 is 0 Å². The average molecular weight is 240 g/mol. The summed E-state index contributed by atoms with van der Waals surface area (Å²) in [6.07, 6.45) is 2.04. The molecule has 0 aliphatic rings. The maximum Gasteiger partial charge on any atom is 0.229 e. The van der Waals surface area contributed by atoms with Crippen LogP contribution in [0, 0.1) is 0 Å². The van der Waals surface area contributed by atoms with E-state index in [0.29, 0.717) is 12.0 Å². The number of hydrogen-bond acceptors (Lipinski definition) is 2. The molecule has 0 heterocycles. The lowest BCUT2D eigenvalue weighted by molar-refractivity contribution is -0.115. The van der Waals surface area contributed by atoms with E-state index in [-0.39, 0.29) is 11.6 Å². The van der Waals surface area contributed by atoms with Crippen molar-refractivity contribution < 1.29 is 9.59 Å². The molecule has 0 N–H and O–H groups in total. The fourth-order valence-corrected chi connectivity index (χ4v) is 2.02. The summed E-state index contributed by atoms with van der Waals surface area (Å²) in [6.45, 7) is 2.01. The summed E-state index contributed by atoms with van der Waals surface area (Å²) in [5, 5.41) is 1.85. The van der Waals surface area contributed by atoms with Gasteiger partial charge in [-0.05, 0) is 17.2 Å². The van der Waals surface area contributed by atoms with Gasteiger partial charge in [0.05, 0.1) is 0 Å². The maximum atomic E-state index is 12.1. The molecule has 92 valence electrons. The Balaban J connectivity index is 2.36. The van der Waals surface area contributed by atoms with Gasteiger partial charge in [-0.1, -0.05) is 55.8 Å². The first-order valence-electron chi connectivity index (χ1n) is 6.29. The van der Waals surface area contributed by atoms with E-state index >= 15 is 0 Å². The molecular formula is C16H16O2. The number of fused-ring (bicyclic) bond motifs is 1. The Morgan fingerprint density at radius 3 is 2.50 bits per heavy atom. The lowest BCUT2D eigenvalue weighted by Crippen LogP contribution is -2.14. The Kier molecular flexibility index (Phi) is 3.88. The van der Waals surface area contributed by atoms with Crippen molar-refractivity contribution in [3.8, 4) is 0 Å². The molecule has 0 aliphatic carbocycles. The monoisotopic (exact) mass is 240 g/mol. The minimum absolute atomic E-state index is 0.284. The van der Waals surface area contributed by atoms with Crippen LogP contribution in [0.2, 0.25) is 0 Å². The van der Waals surface area contributed by atoms with E-state index in [9.17, 15) is 9.59 Å². The largest absolute Gasteiger partial charge is 0.290 e. The van der Waals surface area contributed by atoms with Crippen LogP contribution in [0.15, 0.2) is 42.5 Å². The molecule has 0 bridgehead atoms. The third kappa shape index (κ3) is 2.48. The Morgan fingerprint density at radius 1 is 1.00 bits per heavy atom. The molecule has 0 spiro atoms. The smallest absolute Gasteiger partial charge is 0.229 e. The molecule has 0 unspecified atom stereocenters. The first kappa shape index (κ1) is 12.5. The van der Waals surface area contributed by atoms with Crippen LogP contribution >= 0.6 is 0 Å². The normalized spacial score (nSPS) is 10.5. The zero-order valence-corrected chi connectivity index (χ0v) is 10.5. The van der Waals surface area contributed by atoms with Gasteiger partial charge in [-0.2, -0.15) is 0 Å². The summed E-state index contributed by atoms with van der Waals surface area (Å²) in [7, 11) is 0. The summed E-state index contributed by atoms with van der Waals surface area (Å²) in [5.41, 5.74) is 0.522. The fourth-order valence-electron chi connectivity index (χ4n) is 2.02. The van der Waals surface area contributed by atoms with E-state index in [2.05, 4.69) is 0 Å². The molecule has 2 aromatic rings. The first-order valence-corrected chi connectivity index (χ1v) is 6.29. The van der Waals surface area contributed by atoms with Gasteiger partial charge in [0, 0.05) is 12.0 Å². The second-order valence-corrected chi connectivity index (χ2v) is 4.38. The van der Waals surface area contributed by atoms with Crippen molar-refractivity contribution in [3.05, 3.63) is 48.0 Å². The van der Waals surface area contributed by atoms with Gasteiger partial charge in [0.2, 0.25) is 11.6 Å². The van der Waals surface area contributed by atoms with Gasteiger partial charge in [0.15, 0.2) is 0 Å². The van der Waals surface area contributed by atoms with E-state index in [0.717, 1.165) is 23.6 Å². The molecule has 2 nitrogen and oxygen atoms in total. The molecule has 0 atom stereocenters. The number of unbranched alkanes of at least 4 members (excludes halogenated alkanes) is 1. The summed E-state index contributed by atoms with van der Waals surface area (Å²) < 4.78 is 0. The van der Waals surface area contributed by atoms with Gasteiger partial charge in [0.25, 0.3) is 0 Å². The molecule has 2 aromatic carbocycles. The molecule has 0 saturated carbocycles. The number of Topliss-reactive ketones (excluding diaryl/α,β-unsaturated/α-hetero) is 2. The minimum atomic E-state index is -0.361. The quantitative estimate of drug-likeness (QED) is 0.588. The second-order valence-electron chi connectivity index (χ2n) is 4.38. The standard InChI is InChI=1S/C16H16O2/c1-2-3-11-15(17)16(18)14-10-6-8-12-7-4-5-9-13(12)14/h4-10H,2-3,11H2,1H3. The van der Waals surface area contributed by atoms with Crippen molar-refractivity contribution in [3.63, 3.8) is 0 Å². The van der Waals surface area contributed by atoms with Gasteiger partial charge < -0.3 is 0 Å². The van der Waals surface area contributed by atoms with E-state index in [1.54, 1.807) is 6.07 Å². The van der Waals surface area contributed by atoms with Crippen molar-refractivity contribution in [1.29, 1.82) is 0 Å². The van der Waals surface area contributed by atoms with Crippen molar-refractivity contribution in [2.75, 3.05) is 0 Å². The summed E-state index contributed by atoms with van der Waals surface area (Å²) in [6, 6.07) is 13.1. The van der Waals surface area contributed by atoms with E-state index in [1.165, 1.54) is 0 Å². The third-order valence-corrected chi connectivity index (χ3v) is 3.04. The van der Waals surface area contributed by atoms with Crippen LogP contribution < -0.4 is 0 Å². The second kappa shape index (κ2) is 5.58. The highest BCUT2D eigenvalue weighted by atomic mass is 16.2. The van der Waals surface area contributed by atoms with Gasteiger partial charge in [-0.25, -0.2) is 0 Å². The summed E-state index contributed by atoms with van der Waals surface area (Å²) in [4.78, 5) is 23.9. The first-order chi connectivity index (χ1) is 8.74. The Labute approximate surface area is 107 Å². The Morgan fingerprint density at radius 2 is 1.72 bits per heavy atom. The van der Waals surface area contributed by atoms with Crippen LogP contribution in [0.4, 0.5) is 0 Å². The predicted octanol–water partition coefficient (Wildman–Crippen LogP) is 3.78.